The molecule has 1 heterocycles. The molecule has 1 N–H and O–H groups in total. The summed E-state index contributed by atoms with van der Waals surface area (Å²) in [7, 11) is -3.92. The lowest BCUT2D eigenvalue weighted by Gasteiger charge is -2.07. The summed E-state index contributed by atoms with van der Waals surface area (Å²) in [5.74, 6) is -0.956. The molecule has 0 aliphatic carbocycles. The largest absolute Gasteiger partial charge is 0.439 e. The minimum Gasteiger partial charge on any atom is -0.439 e. The Morgan fingerprint density at radius 3 is 2.43 bits per heavy atom. The van der Waals surface area contributed by atoms with Crippen molar-refractivity contribution in [3.63, 3.8) is 0 Å². The Balaban J connectivity index is 1.86. The van der Waals surface area contributed by atoms with Crippen molar-refractivity contribution in [2.24, 2.45) is 0 Å². The van der Waals surface area contributed by atoms with Crippen LogP contribution in [0.3, 0.4) is 0 Å². The maximum Gasteiger partial charge on any atom is 0.291 e. The minimum atomic E-state index is -3.92. The van der Waals surface area contributed by atoms with Gasteiger partial charge in [-0.05, 0) is 48.9 Å². The van der Waals surface area contributed by atoms with Crippen LogP contribution in [0.25, 0.3) is 0 Å². The van der Waals surface area contributed by atoms with E-state index in [4.69, 9.17) is 4.42 Å². The van der Waals surface area contributed by atoms with Gasteiger partial charge in [0.2, 0.25) is 14.9 Å². The summed E-state index contributed by atoms with van der Waals surface area (Å²) in [5.41, 5.74) is 0.653. The van der Waals surface area contributed by atoms with Crippen LogP contribution in [0, 0.1) is 17.0 Å². The van der Waals surface area contributed by atoms with E-state index >= 15 is 0 Å². The topological polar surface area (TPSA) is 120 Å². The van der Waals surface area contributed by atoms with E-state index in [0.717, 1.165) is 4.47 Å². The number of aryl methyl sites for hydroxylation is 1. The van der Waals surface area contributed by atoms with Crippen molar-refractivity contribution in [3.8, 4) is 0 Å². The Morgan fingerprint density at radius 2 is 1.79 bits per heavy atom. The molecule has 2 aromatic carbocycles. The van der Waals surface area contributed by atoms with Crippen molar-refractivity contribution in [1.82, 2.24) is 0 Å². The van der Waals surface area contributed by atoms with Gasteiger partial charge < -0.3 is 9.73 Å². The number of nitrogens with zero attached hydrogens (tertiary/aromatic N) is 1. The molecule has 144 valence electrons. The van der Waals surface area contributed by atoms with Gasteiger partial charge in [0.1, 0.15) is 0 Å². The maximum atomic E-state index is 12.6. The summed E-state index contributed by atoms with van der Waals surface area (Å²) >= 11 is 3.23. The molecule has 0 radical (unpaired) electrons. The fourth-order valence-corrected chi connectivity index (χ4v) is 3.80. The number of benzene rings is 2. The number of carbonyl (C=O) groups excluding carboxylic acids is 1. The number of nitro groups is 1. The van der Waals surface area contributed by atoms with Gasteiger partial charge in [-0.2, -0.15) is 0 Å². The van der Waals surface area contributed by atoms with E-state index in [1.54, 1.807) is 19.1 Å². The lowest BCUT2D eigenvalue weighted by atomic mass is 10.2. The molecule has 1 aromatic heterocycles. The fourth-order valence-electron chi connectivity index (χ4n) is 2.36. The summed E-state index contributed by atoms with van der Waals surface area (Å²) in [5, 5.41) is 13.0. The van der Waals surface area contributed by atoms with Gasteiger partial charge in [-0.3, -0.25) is 14.9 Å². The maximum absolute atomic E-state index is 12.6. The average Bonchev–Trinajstić information content (AvgIpc) is 3.15. The van der Waals surface area contributed by atoms with Crippen LogP contribution < -0.4 is 5.32 Å². The molecule has 10 heteroatoms. The van der Waals surface area contributed by atoms with Crippen molar-refractivity contribution in [2.75, 3.05) is 5.32 Å². The quantitative estimate of drug-likeness (QED) is 0.442. The van der Waals surface area contributed by atoms with E-state index in [9.17, 15) is 23.3 Å². The van der Waals surface area contributed by atoms with E-state index < -0.39 is 20.7 Å². The smallest absolute Gasteiger partial charge is 0.291 e. The zero-order valence-corrected chi connectivity index (χ0v) is 16.8. The number of nitro benzene ring substituents is 1. The van der Waals surface area contributed by atoms with Gasteiger partial charge in [-0.1, -0.05) is 22.0 Å². The molecule has 3 aromatic rings. The highest BCUT2D eigenvalue weighted by Gasteiger charge is 2.24. The SMILES string of the molecule is Cc1ccc([N+](=O)[O-])cc1NC(=O)c1ccc(S(=O)(=O)c2ccc(Br)cc2)o1. The normalized spacial score (nSPS) is 11.2. The summed E-state index contributed by atoms with van der Waals surface area (Å²) < 4.78 is 31.2. The molecule has 3 rings (SSSR count). The predicted octanol–water partition coefficient (Wildman–Crippen LogP) is 4.34. The third-order valence-electron chi connectivity index (χ3n) is 3.87. The summed E-state index contributed by atoms with van der Waals surface area (Å²) in [6.45, 7) is 1.67. The van der Waals surface area contributed by atoms with Crippen molar-refractivity contribution < 1.29 is 22.6 Å². The third kappa shape index (κ3) is 3.97. The lowest BCUT2D eigenvalue weighted by Crippen LogP contribution is -2.12. The van der Waals surface area contributed by atoms with Crippen LogP contribution in [-0.4, -0.2) is 19.2 Å². The molecular weight excluding hydrogens is 452 g/mol. The highest BCUT2D eigenvalue weighted by Crippen LogP contribution is 2.26. The van der Waals surface area contributed by atoms with E-state index in [2.05, 4.69) is 21.2 Å². The van der Waals surface area contributed by atoms with Crippen molar-refractivity contribution in [3.05, 3.63) is 80.5 Å². The molecule has 8 nitrogen and oxygen atoms in total. The molecular formula is C18H13BrN2O6S. The van der Waals surface area contributed by atoms with Gasteiger partial charge in [-0.15, -0.1) is 0 Å². The number of hydrogen-bond donors (Lipinski definition) is 1. The van der Waals surface area contributed by atoms with E-state index in [-0.39, 0.29) is 27.1 Å². The number of furan rings is 1. The number of anilines is 1. The Kier molecular flexibility index (Phi) is 5.34. The molecule has 28 heavy (non-hydrogen) atoms. The van der Waals surface area contributed by atoms with E-state index in [0.29, 0.717) is 5.56 Å². The molecule has 0 aliphatic rings. The minimum absolute atomic E-state index is 0.0199. The first-order valence-corrected chi connectivity index (χ1v) is 10.1. The number of amides is 1. The number of halogens is 1. The highest BCUT2D eigenvalue weighted by atomic mass is 79.9. The second-order valence-corrected chi connectivity index (χ2v) is 8.58. The van der Waals surface area contributed by atoms with Crippen LogP contribution in [0.4, 0.5) is 11.4 Å². The van der Waals surface area contributed by atoms with E-state index in [1.165, 1.54) is 42.5 Å². The molecule has 0 atom stereocenters. The third-order valence-corrected chi connectivity index (χ3v) is 6.04. The number of rotatable bonds is 5. The molecule has 0 saturated heterocycles. The van der Waals surface area contributed by atoms with Crippen LogP contribution in [0.1, 0.15) is 16.1 Å². The summed E-state index contributed by atoms with van der Waals surface area (Å²) in [6, 6.07) is 12.4. The molecule has 1 amide bonds. The van der Waals surface area contributed by atoms with Crippen molar-refractivity contribution in [1.29, 1.82) is 0 Å². The van der Waals surface area contributed by atoms with Gasteiger partial charge in [0.05, 0.1) is 15.5 Å². The Labute approximate surface area is 168 Å². The second kappa shape index (κ2) is 7.56. The summed E-state index contributed by atoms with van der Waals surface area (Å²) in [6.07, 6.45) is 0. The van der Waals surface area contributed by atoms with Gasteiger partial charge in [-0.25, -0.2) is 8.42 Å². The number of nitrogens with one attached hydrogen (secondary N) is 1. The van der Waals surface area contributed by atoms with Crippen LogP contribution in [-0.2, 0) is 9.84 Å². The van der Waals surface area contributed by atoms with Gasteiger partial charge in [0.25, 0.3) is 11.6 Å². The fraction of sp³-hybridized carbons (Fsp3) is 0.0556. The monoisotopic (exact) mass is 464 g/mol. The zero-order valence-electron chi connectivity index (χ0n) is 14.4. The van der Waals surface area contributed by atoms with Crippen LogP contribution in [0.2, 0.25) is 0 Å². The summed E-state index contributed by atoms with van der Waals surface area (Å²) in [4.78, 5) is 22.7. The van der Waals surface area contributed by atoms with Crippen molar-refractivity contribution >= 4 is 43.0 Å². The highest BCUT2D eigenvalue weighted by molar-refractivity contribution is 9.10. The van der Waals surface area contributed by atoms with Gasteiger partial charge in [0.15, 0.2) is 5.76 Å². The van der Waals surface area contributed by atoms with Crippen LogP contribution >= 0.6 is 15.9 Å². The average molecular weight is 465 g/mol. The number of carbonyl (C=O) groups is 1. The second-order valence-electron chi connectivity index (χ2n) is 5.79. The predicted molar refractivity (Wildman–Crippen MR) is 104 cm³/mol. The standard InChI is InChI=1S/C18H13BrN2O6S/c1-11-2-5-13(21(23)24)10-15(11)20-18(22)16-8-9-17(27-16)28(25,26)14-6-3-12(19)4-7-14/h2-10H,1H3,(H,20,22). The van der Waals surface area contributed by atoms with Gasteiger partial charge >= 0.3 is 0 Å². The molecule has 0 spiro atoms. The Morgan fingerprint density at radius 1 is 1.11 bits per heavy atom. The zero-order chi connectivity index (χ0) is 20.5. The Bertz CT molecular complexity index is 1170. The van der Waals surface area contributed by atoms with E-state index in [1.807, 2.05) is 0 Å². The Hall–Kier alpha value is -2.98. The molecule has 0 bridgehead atoms. The lowest BCUT2D eigenvalue weighted by molar-refractivity contribution is -0.384. The molecule has 0 saturated carbocycles. The van der Waals surface area contributed by atoms with Crippen LogP contribution in [0.5, 0.6) is 0 Å². The first-order chi connectivity index (χ1) is 13.2. The number of hydrogen-bond acceptors (Lipinski definition) is 6. The number of non-ortho nitro benzene ring substituents is 1. The van der Waals surface area contributed by atoms with Crippen LogP contribution in [0.15, 0.2) is 73.5 Å². The molecule has 0 aliphatic heterocycles. The molecule has 0 unspecified atom stereocenters. The van der Waals surface area contributed by atoms with Gasteiger partial charge in [0, 0.05) is 16.6 Å². The molecule has 0 fully saturated rings. The first kappa shape index (κ1) is 19.8. The van der Waals surface area contributed by atoms with Crippen molar-refractivity contribution in [2.45, 2.75) is 16.9 Å². The number of sulfone groups is 1. The first-order valence-electron chi connectivity index (χ1n) is 7.85.